The lowest BCUT2D eigenvalue weighted by Gasteiger charge is -2.30. The highest BCUT2D eigenvalue weighted by atomic mass is 35.5. The normalized spacial score (nSPS) is 15.5. The molecule has 0 aromatic heterocycles. The van der Waals surface area contributed by atoms with Crippen LogP contribution in [-0.2, 0) is 11.3 Å². The molecule has 1 fully saturated rings. The summed E-state index contributed by atoms with van der Waals surface area (Å²) in [6.07, 6.45) is -0.321. The molecule has 0 unspecified atom stereocenters. The van der Waals surface area contributed by atoms with Crippen molar-refractivity contribution in [3.05, 3.63) is 33.8 Å². The van der Waals surface area contributed by atoms with E-state index in [2.05, 4.69) is 5.32 Å². The summed E-state index contributed by atoms with van der Waals surface area (Å²) in [7, 11) is 0. The average Bonchev–Trinajstić information content (AvgIpc) is 2.45. The monoisotopic (exact) mass is 346 g/mol. The highest BCUT2D eigenvalue weighted by molar-refractivity contribution is 6.34. The molecule has 0 aliphatic carbocycles. The van der Waals surface area contributed by atoms with E-state index in [1.165, 1.54) is 4.90 Å². The van der Waals surface area contributed by atoms with Crippen molar-refractivity contribution in [1.29, 1.82) is 0 Å². The molecule has 0 atom stereocenters. The second-order valence-electron chi connectivity index (χ2n) is 5.04. The number of halogens is 2. The van der Waals surface area contributed by atoms with E-state index in [1.54, 1.807) is 18.2 Å². The molecule has 2 N–H and O–H groups in total. The lowest BCUT2D eigenvalue weighted by molar-refractivity contribution is 0.117. The Morgan fingerprint density at radius 2 is 1.82 bits per heavy atom. The number of alkyl carbamates (subject to hydrolysis) is 1. The Balaban J connectivity index is 1.75. The van der Waals surface area contributed by atoms with Crippen molar-refractivity contribution >= 4 is 35.4 Å². The van der Waals surface area contributed by atoms with Gasteiger partial charge in [0.2, 0.25) is 0 Å². The molecule has 22 heavy (non-hydrogen) atoms. The Bertz CT molecular complexity index is 540. The fourth-order valence-electron chi connectivity index (χ4n) is 2.27. The summed E-state index contributed by atoms with van der Waals surface area (Å²) in [5, 5.41) is 12.5. The zero-order chi connectivity index (χ0) is 16.1. The summed E-state index contributed by atoms with van der Waals surface area (Å²) < 4.78 is 5.12. The van der Waals surface area contributed by atoms with Gasteiger partial charge < -0.3 is 20.1 Å². The van der Waals surface area contributed by atoms with Crippen LogP contribution < -0.4 is 5.32 Å². The highest BCUT2D eigenvalue weighted by Gasteiger charge is 2.23. The number of rotatable bonds is 3. The zero-order valence-electron chi connectivity index (χ0n) is 11.7. The topological polar surface area (TPSA) is 78.9 Å². The molecule has 1 heterocycles. The number of amides is 2. The quantitative estimate of drug-likeness (QED) is 0.879. The molecule has 2 rings (SSSR count). The van der Waals surface area contributed by atoms with E-state index in [0.717, 1.165) is 0 Å². The fraction of sp³-hybridized carbons (Fsp3) is 0.429. The van der Waals surface area contributed by atoms with Crippen LogP contribution in [0.2, 0.25) is 10.0 Å². The van der Waals surface area contributed by atoms with Crippen molar-refractivity contribution in [3.63, 3.8) is 0 Å². The van der Waals surface area contributed by atoms with Crippen LogP contribution in [0, 0.1) is 0 Å². The third kappa shape index (κ3) is 4.96. The van der Waals surface area contributed by atoms with Gasteiger partial charge in [-0.25, -0.2) is 9.59 Å². The van der Waals surface area contributed by atoms with E-state index in [1.807, 2.05) is 0 Å². The minimum Gasteiger partial charge on any atom is -0.465 e. The van der Waals surface area contributed by atoms with Gasteiger partial charge in [0, 0.05) is 29.2 Å². The minimum atomic E-state index is -0.932. The van der Waals surface area contributed by atoms with Gasteiger partial charge in [-0.1, -0.05) is 23.2 Å². The first kappa shape index (κ1) is 16.7. The molecule has 0 spiro atoms. The molecule has 0 saturated carbocycles. The van der Waals surface area contributed by atoms with Crippen molar-refractivity contribution < 1.29 is 19.4 Å². The van der Waals surface area contributed by atoms with Gasteiger partial charge in [-0.3, -0.25) is 0 Å². The number of carbonyl (C=O) groups excluding carboxylic acids is 1. The molecule has 0 radical (unpaired) electrons. The van der Waals surface area contributed by atoms with E-state index in [4.69, 9.17) is 33.0 Å². The molecule has 8 heteroatoms. The van der Waals surface area contributed by atoms with Crippen molar-refractivity contribution in [2.75, 3.05) is 13.1 Å². The number of nitrogens with zero attached hydrogens (tertiary/aromatic N) is 1. The smallest absolute Gasteiger partial charge is 0.407 e. The summed E-state index contributed by atoms with van der Waals surface area (Å²) >= 11 is 11.7. The SMILES string of the molecule is O=C(NC1CCN(C(=O)O)CC1)OCc1cc(Cl)cc(Cl)c1. The summed E-state index contributed by atoms with van der Waals surface area (Å²) in [6, 6.07) is 4.87. The van der Waals surface area contributed by atoms with Crippen LogP contribution in [0.15, 0.2) is 18.2 Å². The predicted octanol–water partition coefficient (Wildman–Crippen LogP) is 3.36. The Morgan fingerprint density at radius 1 is 1.23 bits per heavy atom. The molecule has 0 bridgehead atoms. The summed E-state index contributed by atoms with van der Waals surface area (Å²) in [6.45, 7) is 0.883. The number of hydrogen-bond acceptors (Lipinski definition) is 3. The third-order valence-electron chi connectivity index (χ3n) is 3.38. The Kier molecular flexibility index (Phi) is 5.74. The van der Waals surface area contributed by atoms with Gasteiger partial charge in [0.1, 0.15) is 6.61 Å². The Morgan fingerprint density at radius 3 is 2.36 bits per heavy atom. The lowest BCUT2D eigenvalue weighted by atomic mass is 10.1. The second-order valence-corrected chi connectivity index (χ2v) is 5.91. The number of nitrogens with one attached hydrogen (secondary N) is 1. The zero-order valence-corrected chi connectivity index (χ0v) is 13.2. The Hall–Kier alpha value is -1.66. The fourth-order valence-corrected chi connectivity index (χ4v) is 2.84. The second kappa shape index (κ2) is 7.56. The van der Waals surface area contributed by atoms with Crippen LogP contribution in [0.4, 0.5) is 9.59 Å². The first-order chi connectivity index (χ1) is 10.4. The molecule has 1 saturated heterocycles. The van der Waals surface area contributed by atoms with E-state index in [-0.39, 0.29) is 12.6 Å². The molecule has 1 aromatic carbocycles. The van der Waals surface area contributed by atoms with Crippen LogP contribution in [0.1, 0.15) is 18.4 Å². The Labute approximate surface area is 137 Å². The first-order valence-electron chi connectivity index (χ1n) is 6.80. The van der Waals surface area contributed by atoms with Gasteiger partial charge >= 0.3 is 12.2 Å². The molecule has 1 aliphatic heterocycles. The van der Waals surface area contributed by atoms with Crippen LogP contribution in [0.25, 0.3) is 0 Å². The first-order valence-corrected chi connectivity index (χ1v) is 7.56. The van der Waals surface area contributed by atoms with Crippen LogP contribution in [-0.4, -0.2) is 41.3 Å². The van der Waals surface area contributed by atoms with Crippen molar-refractivity contribution in [2.24, 2.45) is 0 Å². The maximum Gasteiger partial charge on any atom is 0.407 e. The summed E-state index contributed by atoms with van der Waals surface area (Å²) in [4.78, 5) is 23.9. The third-order valence-corrected chi connectivity index (χ3v) is 3.82. The van der Waals surface area contributed by atoms with Gasteiger partial charge in [0.25, 0.3) is 0 Å². The molecule has 6 nitrogen and oxygen atoms in total. The van der Waals surface area contributed by atoms with E-state index in [9.17, 15) is 9.59 Å². The molecular formula is C14H16Cl2N2O4. The average molecular weight is 347 g/mol. The van der Waals surface area contributed by atoms with Crippen molar-refractivity contribution in [2.45, 2.75) is 25.5 Å². The van der Waals surface area contributed by atoms with Crippen LogP contribution in [0.5, 0.6) is 0 Å². The largest absolute Gasteiger partial charge is 0.465 e. The number of piperidine rings is 1. The van der Waals surface area contributed by atoms with Gasteiger partial charge in [-0.2, -0.15) is 0 Å². The number of carboxylic acid groups (broad SMARTS) is 1. The van der Waals surface area contributed by atoms with Crippen molar-refractivity contribution in [1.82, 2.24) is 10.2 Å². The molecule has 1 aliphatic rings. The predicted molar refractivity (Wildman–Crippen MR) is 82.4 cm³/mol. The maximum atomic E-state index is 11.7. The van der Waals surface area contributed by atoms with Crippen molar-refractivity contribution in [3.8, 4) is 0 Å². The molecule has 1 aromatic rings. The van der Waals surface area contributed by atoms with Gasteiger partial charge in [0.15, 0.2) is 0 Å². The maximum absolute atomic E-state index is 11.7. The standard InChI is InChI=1S/C14H16Cl2N2O4/c15-10-5-9(6-11(16)7-10)8-22-13(19)17-12-1-3-18(4-2-12)14(20)21/h5-7,12H,1-4,8H2,(H,17,19)(H,20,21). The minimum absolute atomic E-state index is 0.0695. The van der Waals surface area contributed by atoms with Gasteiger partial charge in [0.05, 0.1) is 0 Å². The number of ether oxygens (including phenoxy) is 1. The lowest BCUT2D eigenvalue weighted by Crippen LogP contribution is -2.46. The molecule has 120 valence electrons. The number of benzene rings is 1. The van der Waals surface area contributed by atoms with Gasteiger partial charge in [-0.05, 0) is 36.6 Å². The number of hydrogen-bond donors (Lipinski definition) is 2. The number of carbonyl (C=O) groups is 2. The highest BCUT2D eigenvalue weighted by Crippen LogP contribution is 2.19. The van der Waals surface area contributed by atoms with Crippen LogP contribution in [0.3, 0.4) is 0 Å². The van der Waals surface area contributed by atoms with Gasteiger partial charge in [-0.15, -0.1) is 0 Å². The summed E-state index contributed by atoms with van der Waals surface area (Å²) in [5.74, 6) is 0. The molecule has 2 amide bonds. The molecular weight excluding hydrogens is 331 g/mol. The van der Waals surface area contributed by atoms with E-state index < -0.39 is 12.2 Å². The summed E-state index contributed by atoms with van der Waals surface area (Å²) in [5.41, 5.74) is 0.702. The number of likely N-dealkylation sites (tertiary alicyclic amines) is 1. The van der Waals surface area contributed by atoms with E-state index in [0.29, 0.717) is 41.5 Å². The van der Waals surface area contributed by atoms with Crippen LogP contribution >= 0.6 is 23.2 Å². The van der Waals surface area contributed by atoms with E-state index >= 15 is 0 Å².